The molecule has 0 atom stereocenters. The Balaban J connectivity index is 0.000000114. The maximum Gasteiger partial charge on any atom is 0.150 e. The molecule has 108 heavy (non-hydrogen) atoms. The summed E-state index contributed by atoms with van der Waals surface area (Å²) in [4.78, 5) is 49.9. The van der Waals surface area contributed by atoms with Crippen LogP contribution >= 0.6 is 0 Å². The molecule has 0 amide bonds. The van der Waals surface area contributed by atoms with Crippen molar-refractivity contribution >= 4 is 66.7 Å². The molecule has 11 heterocycles. The van der Waals surface area contributed by atoms with Crippen LogP contribution in [0.1, 0.15) is 93.0 Å². The number of benzene rings is 6. The van der Waals surface area contributed by atoms with E-state index in [-0.39, 0.29) is 17.8 Å². The number of aromatic nitrogens is 12. The largest absolute Gasteiger partial charge is 0.389 e. The highest BCUT2D eigenvalue weighted by Crippen LogP contribution is 2.50. The number of fused-ring (bicyclic) bond motifs is 6. The van der Waals surface area contributed by atoms with Crippen LogP contribution in [0.5, 0.6) is 0 Å². The van der Waals surface area contributed by atoms with Gasteiger partial charge in [0.05, 0.1) is 50.4 Å². The second kappa shape index (κ2) is 27.7. The molecule has 0 unspecified atom stereocenters. The summed E-state index contributed by atoms with van der Waals surface area (Å²) in [6.45, 7) is 6.51. The first-order chi connectivity index (χ1) is 52.5. The Morgan fingerprint density at radius 2 is 0.676 bits per heavy atom. The van der Waals surface area contributed by atoms with Crippen LogP contribution in [0.2, 0.25) is 0 Å². The lowest BCUT2D eigenvalue weighted by Gasteiger charge is -2.47. The van der Waals surface area contributed by atoms with Crippen LogP contribution in [0.3, 0.4) is 0 Å². The zero-order chi connectivity index (χ0) is 73.4. The van der Waals surface area contributed by atoms with Gasteiger partial charge in [-0.3, -0.25) is 13.2 Å². The molecule has 9 aromatic heterocycles. The fraction of sp³-hybridized carbons (Fsp3) is 0.276. The molecule has 0 radical (unpaired) electrons. The first kappa shape index (κ1) is 68.4. The topological polar surface area (TPSA) is 278 Å². The summed E-state index contributed by atoms with van der Waals surface area (Å²) < 4.78 is 6.16. The molecule has 21 heteroatoms. The van der Waals surface area contributed by atoms with Gasteiger partial charge < -0.3 is 47.2 Å². The van der Waals surface area contributed by atoms with Crippen molar-refractivity contribution in [2.24, 2.45) is 0 Å². The van der Waals surface area contributed by atoms with Crippen LogP contribution in [0.4, 0.5) is 17.5 Å². The van der Waals surface area contributed by atoms with E-state index in [1.807, 2.05) is 96.6 Å². The van der Waals surface area contributed by atoms with Crippen LogP contribution in [-0.4, -0.2) is 165 Å². The molecule has 21 nitrogen and oxygen atoms in total. The average molecular weight is 1430 g/mol. The van der Waals surface area contributed by atoms with E-state index in [1.165, 1.54) is 19.3 Å². The van der Waals surface area contributed by atoms with E-state index in [2.05, 4.69) is 161 Å². The number of imidazole rings is 3. The molecule has 15 aromatic rings. The lowest BCUT2D eigenvalue weighted by atomic mass is 9.70. The average Bonchev–Trinajstić information content (AvgIpc) is 1.56. The Morgan fingerprint density at radius 1 is 0.370 bits per heavy atom. The van der Waals surface area contributed by atoms with Crippen molar-refractivity contribution in [1.82, 2.24) is 72.8 Å². The third kappa shape index (κ3) is 13.2. The molecular weight excluding hydrogens is 1350 g/mol. The maximum absolute atomic E-state index is 11.2. The predicted octanol–water partition coefficient (Wildman–Crippen LogP) is 13.8. The SMILES string of the molecule is CN(C)CC1(O)CC(c2nc(-c3ccc4ccc(-c5ccccc5)nc4c3)c3c(N)nccn23)C1.Nc1nccn2c(C3CC(O)(CN4CCC4)C3)nc(-c3ccc4ccc(-c5ccccc5)nc4c3)c12.Nc1nccn2c(C3CC(O)(CN4CCCC4)C3)nc(-c3ccc4ccc(-c5ccccc5)nc4c3)c12. The van der Waals surface area contributed by atoms with Gasteiger partial charge in [0.1, 0.15) is 68.6 Å². The van der Waals surface area contributed by atoms with Crippen molar-refractivity contribution < 1.29 is 15.3 Å². The highest BCUT2D eigenvalue weighted by molar-refractivity contribution is 5.94. The van der Waals surface area contributed by atoms with Crippen molar-refractivity contribution in [3.63, 3.8) is 0 Å². The lowest BCUT2D eigenvalue weighted by molar-refractivity contribution is -0.0835. The smallest absolute Gasteiger partial charge is 0.150 e. The van der Waals surface area contributed by atoms with Crippen molar-refractivity contribution in [3.05, 3.63) is 237 Å². The van der Waals surface area contributed by atoms with Crippen LogP contribution in [-0.2, 0) is 0 Å². The molecule has 0 bridgehead atoms. The van der Waals surface area contributed by atoms with Crippen molar-refractivity contribution in [2.45, 2.75) is 92.3 Å². The van der Waals surface area contributed by atoms with Gasteiger partial charge in [-0.2, -0.15) is 0 Å². The van der Waals surface area contributed by atoms with Gasteiger partial charge in [-0.05, 0) is 134 Å². The quantitative estimate of drug-likeness (QED) is 0.0556. The number of aliphatic hydroxyl groups is 3. The number of rotatable bonds is 15. The molecule has 0 spiro atoms. The highest BCUT2D eigenvalue weighted by atomic mass is 16.3. The molecule has 6 aromatic carbocycles. The van der Waals surface area contributed by atoms with E-state index in [1.54, 1.807) is 18.6 Å². The summed E-state index contributed by atoms with van der Waals surface area (Å²) in [6.07, 6.45) is 18.8. The zero-order valence-corrected chi connectivity index (χ0v) is 60.6. The number of hydrogen-bond acceptors (Lipinski definition) is 18. The van der Waals surface area contributed by atoms with Gasteiger partial charge in [-0.1, -0.05) is 146 Å². The summed E-state index contributed by atoms with van der Waals surface area (Å²) in [5, 5.41) is 36.3. The summed E-state index contributed by atoms with van der Waals surface area (Å²) >= 11 is 0. The van der Waals surface area contributed by atoms with Gasteiger partial charge in [0.15, 0.2) is 0 Å². The van der Waals surface area contributed by atoms with Gasteiger partial charge in [0.25, 0.3) is 0 Å². The van der Waals surface area contributed by atoms with Crippen LogP contribution in [0.15, 0.2) is 219 Å². The third-order valence-electron chi connectivity index (χ3n) is 22.6. The van der Waals surface area contributed by atoms with E-state index in [0.717, 1.165) is 174 Å². The maximum atomic E-state index is 11.2. The number of likely N-dealkylation sites (tertiary alicyclic amines) is 2. The first-order valence-electron chi connectivity index (χ1n) is 37.6. The van der Waals surface area contributed by atoms with E-state index in [0.29, 0.717) is 62.5 Å². The summed E-state index contributed by atoms with van der Waals surface area (Å²) in [5.74, 6) is 4.66. The van der Waals surface area contributed by atoms with Gasteiger partial charge in [-0.15, -0.1) is 0 Å². The minimum absolute atomic E-state index is 0.159. The van der Waals surface area contributed by atoms with Crippen LogP contribution < -0.4 is 17.2 Å². The minimum atomic E-state index is -0.681. The lowest BCUT2D eigenvalue weighted by Crippen LogP contribution is -2.54. The minimum Gasteiger partial charge on any atom is -0.389 e. The molecule has 2 saturated heterocycles. The second-order valence-corrected chi connectivity index (χ2v) is 30.8. The standard InChI is InChI=1S/C30H30N6O.C29H28N6O.C28H28N6O/c31-28-27-26(22-9-8-21-10-11-24(33-25(21)16-22)20-6-2-1-3-7-20)34-29(36(27)15-12-32-28)23-17-30(37,18-23)19-35-13-4-5-14-35;30-27-26-25(21-8-7-20-9-10-23(32-24(20)15-21)19-5-2-1-3-6-19)33-28(35(26)14-11-31-27)22-16-29(36,17-22)18-34-12-4-13-34;1-33(2)17-28(35)15-21(16-28)27-32-24(25-26(29)30-12-13-34(25)27)20-9-8-19-10-11-22(31-23(19)14-20)18-6-4-3-5-7-18/h1-3,6-12,15-16,23,37H,4-5,13-14,17-19H2,(H2,31,32);1-3,5-11,14-15,22,36H,4,12-13,16-18H2,(H2,30,31);3-14,21,35H,15-17H2,1-2H3,(H2,29,30). The third-order valence-corrected chi connectivity index (χ3v) is 22.6. The van der Waals surface area contributed by atoms with Crippen molar-refractivity contribution in [1.29, 1.82) is 0 Å². The number of nitrogen functional groups attached to an aromatic ring is 3. The number of nitrogens with two attached hydrogens (primary N) is 3. The van der Waals surface area contributed by atoms with E-state index in [9.17, 15) is 15.3 Å². The van der Waals surface area contributed by atoms with E-state index < -0.39 is 16.8 Å². The highest BCUT2D eigenvalue weighted by Gasteiger charge is 2.49. The number of likely N-dealkylation sites (N-methyl/N-ethyl adjacent to an activating group) is 1. The molecule has 9 N–H and O–H groups in total. The second-order valence-electron chi connectivity index (χ2n) is 30.8. The summed E-state index contributed by atoms with van der Waals surface area (Å²) in [7, 11) is 3.97. The fourth-order valence-corrected chi connectivity index (χ4v) is 17.2. The molecule has 3 saturated carbocycles. The van der Waals surface area contributed by atoms with Crippen LogP contribution in [0.25, 0.3) is 117 Å². The van der Waals surface area contributed by atoms with E-state index >= 15 is 0 Å². The Morgan fingerprint density at radius 3 is 0.981 bits per heavy atom. The van der Waals surface area contributed by atoms with Gasteiger partial charge >= 0.3 is 0 Å². The Labute approximate surface area is 625 Å². The Bertz CT molecular complexity index is 5860. The molecule has 20 rings (SSSR count). The van der Waals surface area contributed by atoms with Gasteiger partial charge in [0.2, 0.25) is 0 Å². The van der Waals surface area contributed by atoms with Crippen molar-refractivity contribution in [3.8, 4) is 67.5 Å². The van der Waals surface area contributed by atoms with E-state index in [4.69, 9.17) is 47.1 Å². The van der Waals surface area contributed by atoms with Gasteiger partial charge in [0, 0.05) is 124 Å². The fourth-order valence-electron chi connectivity index (χ4n) is 17.2. The molecule has 5 aliphatic rings. The molecule has 542 valence electrons. The van der Waals surface area contributed by atoms with Crippen LogP contribution in [0, 0.1) is 0 Å². The normalized spacial score (nSPS) is 21.3. The summed E-state index contributed by atoms with van der Waals surface area (Å²) in [5.41, 5.74) is 33.7. The first-order valence-corrected chi connectivity index (χ1v) is 37.6. The number of β-amino-alcohol motifs (C(OH)–C–C–N with tert-alkyl or cyclic N) is 2. The Hall–Kier alpha value is -11.4. The summed E-state index contributed by atoms with van der Waals surface area (Å²) in [6, 6.07) is 61.8. The molecular formula is C87H86N18O3. The predicted molar refractivity (Wildman–Crippen MR) is 427 cm³/mol. The zero-order valence-electron chi connectivity index (χ0n) is 60.6. The number of nitrogens with zero attached hydrogens (tertiary/aromatic N) is 15. The number of anilines is 3. The molecule has 3 aliphatic carbocycles. The molecule has 2 aliphatic heterocycles. The number of pyridine rings is 3. The number of hydrogen-bond donors (Lipinski definition) is 6. The van der Waals surface area contributed by atoms with Gasteiger partial charge in [-0.25, -0.2) is 44.9 Å². The Kier molecular flexibility index (Phi) is 17.6. The monoisotopic (exact) mass is 1430 g/mol. The van der Waals surface area contributed by atoms with Crippen molar-refractivity contribution in [2.75, 3.05) is 77.1 Å². The molecule has 5 fully saturated rings.